The van der Waals surface area contributed by atoms with Gasteiger partial charge in [-0.25, -0.2) is 9.97 Å². The molecule has 0 amide bonds. The number of hydrogen-bond donors (Lipinski definition) is 2. The largest absolute Gasteiger partial charge is 0.361 e. The Morgan fingerprint density at radius 2 is 1.81 bits per heavy atom. The highest BCUT2D eigenvalue weighted by Crippen LogP contribution is 2.29. The zero-order valence-corrected chi connectivity index (χ0v) is 14.8. The van der Waals surface area contributed by atoms with Crippen molar-refractivity contribution in [3.05, 3.63) is 78.8 Å². The van der Waals surface area contributed by atoms with E-state index >= 15 is 0 Å². The summed E-state index contributed by atoms with van der Waals surface area (Å²) in [6.07, 6.45) is 5.46. The molecule has 5 heteroatoms. The number of hydrogen-bond acceptors (Lipinski definition) is 4. The predicted molar refractivity (Wildman–Crippen MR) is 109 cm³/mol. The van der Waals surface area contributed by atoms with E-state index < -0.39 is 0 Å². The van der Waals surface area contributed by atoms with Crippen LogP contribution in [-0.4, -0.2) is 19.9 Å². The first kappa shape index (κ1) is 15.5. The number of fused-ring (bicyclic) bond motifs is 2. The number of anilines is 2. The molecule has 0 saturated carbocycles. The van der Waals surface area contributed by atoms with Crippen LogP contribution < -0.4 is 5.32 Å². The first-order chi connectivity index (χ1) is 13.3. The monoisotopic (exact) mass is 351 g/mol. The quantitative estimate of drug-likeness (QED) is 0.467. The van der Waals surface area contributed by atoms with E-state index in [1.54, 1.807) is 12.4 Å². The number of para-hydroxylation sites is 1. The summed E-state index contributed by atoms with van der Waals surface area (Å²) in [4.78, 5) is 16.9. The van der Waals surface area contributed by atoms with E-state index in [2.05, 4.69) is 58.6 Å². The van der Waals surface area contributed by atoms with E-state index in [0.29, 0.717) is 5.82 Å². The van der Waals surface area contributed by atoms with Crippen molar-refractivity contribution in [1.29, 1.82) is 0 Å². The zero-order valence-electron chi connectivity index (χ0n) is 14.8. The molecular formula is C22H17N5. The number of aromatic nitrogens is 4. The van der Waals surface area contributed by atoms with E-state index in [0.717, 1.165) is 44.4 Å². The third kappa shape index (κ3) is 2.79. The maximum atomic E-state index is 4.82. The van der Waals surface area contributed by atoms with E-state index in [1.165, 1.54) is 0 Å². The van der Waals surface area contributed by atoms with E-state index in [9.17, 15) is 0 Å². The molecule has 3 aromatic heterocycles. The van der Waals surface area contributed by atoms with Crippen molar-refractivity contribution >= 4 is 33.3 Å². The Labute approximate surface area is 156 Å². The molecule has 2 aromatic carbocycles. The van der Waals surface area contributed by atoms with Crippen LogP contribution in [0.3, 0.4) is 0 Å². The highest BCUT2D eigenvalue weighted by Gasteiger charge is 2.11. The molecule has 130 valence electrons. The fourth-order valence-electron chi connectivity index (χ4n) is 3.29. The SMILES string of the molecule is Cc1cccc2c(Nc3ccc4[nH]ccc4c3)nc(-c3ccncc3)nc12. The van der Waals surface area contributed by atoms with Crippen molar-refractivity contribution < 1.29 is 0 Å². The van der Waals surface area contributed by atoms with Crippen LogP contribution in [-0.2, 0) is 0 Å². The summed E-state index contributed by atoms with van der Waals surface area (Å²) in [5, 5.41) is 5.64. The lowest BCUT2D eigenvalue weighted by atomic mass is 10.1. The lowest BCUT2D eigenvalue weighted by Crippen LogP contribution is -2.00. The molecule has 5 rings (SSSR count). The number of pyridine rings is 1. The minimum atomic E-state index is 0.685. The second-order valence-corrected chi connectivity index (χ2v) is 6.51. The van der Waals surface area contributed by atoms with Crippen LogP contribution in [0, 0.1) is 6.92 Å². The Balaban J connectivity index is 1.68. The third-order valence-electron chi connectivity index (χ3n) is 4.68. The molecule has 0 aliphatic carbocycles. The normalized spacial score (nSPS) is 11.1. The van der Waals surface area contributed by atoms with E-state index in [4.69, 9.17) is 9.97 Å². The van der Waals surface area contributed by atoms with Crippen LogP contribution in [0.4, 0.5) is 11.5 Å². The molecule has 5 aromatic rings. The van der Waals surface area contributed by atoms with Gasteiger partial charge in [0.2, 0.25) is 0 Å². The number of H-pyrrole nitrogens is 1. The highest BCUT2D eigenvalue weighted by molar-refractivity contribution is 5.95. The summed E-state index contributed by atoms with van der Waals surface area (Å²) in [7, 11) is 0. The molecule has 0 saturated heterocycles. The molecule has 0 aliphatic rings. The maximum absolute atomic E-state index is 4.82. The topological polar surface area (TPSA) is 66.5 Å². The Kier molecular flexibility index (Phi) is 3.57. The van der Waals surface area contributed by atoms with Gasteiger partial charge in [0.05, 0.1) is 5.52 Å². The number of nitrogens with one attached hydrogen (secondary N) is 2. The van der Waals surface area contributed by atoms with E-state index in [1.807, 2.05) is 24.4 Å². The van der Waals surface area contributed by atoms with Gasteiger partial charge < -0.3 is 10.3 Å². The average molecular weight is 351 g/mol. The Bertz CT molecular complexity index is 1260. The molecule has 27 heavy (non-hydrogen) atoms. The van der Waals surface area contributed by atoms with Crippen molar-refractivity contribution in [2.24, 2.45) is 0 Å². The first-order valence-corrected chi connectivity index (χ1v) is 8.80. The van der Waals surface area contributed by atoms with Gasteiger partial charge in [0.15, 0.2) is 5.82 Å². The molecule has 0 radical (unpaired) electrons. The Hall–Kier alpha value is -3.73. The highest BCUT2D eigenvalue weighted by atomic mass is 15.0. The summed E-state index contributed by atoms with van der Waals surface area (Å²) in [6.45, 7) is 2.07. The average Bonchev–Trinajstić information content (AvgIpc) is 3.17. The van der Waals surface area contributed by atoms with Gasteiger partial charge in [0, 0.05) is 46.1 Å². The molecular weight excluding hydrogens is 334 g/mol. The molecule has 0 aliphatic heterocycles. The van der Waals surface area contributed by atoms with Gasteiger partial charge in [-0.3, -0.25) is 4.98 Å². The first-order valence-electron chi connectivity index (χ1n) is 8.80. The molecule has 3 heterocycles. The van der Waals surface area contributed by atoms with Gasteiger partial charge in [-0.05, 0) is 55.0 Å². The van der Waals surface area contributed by atoms with Crippen molar-refractivity contribution in [3.63, 3.8) is 0 Å². The van der Waals surface area contributed by atoms with Crippen LogP contribution in [0.1, 0.15) is 5.56 Å². The third-order valence-corrected chi connectivity index (χ3v) is 4.68. The van der Waals surface area contributed by atoms with Gasteiger partial charge in [0.25, 0.3) is 0 Å². The lowest BCUT2D eigenvalue weighted by molar-refractivity contribution is 1.20. The van der Waals surface area contributed by atoms with Gasteiger partial charge in [-0.1, -0.05) is 12.1 Å². The molecule has 0 atom stereocenters. The van der Waals surface area contributed by atoms with Gasteiger partial charge in [-0.15, -0.1) is 0 Å². The fourth-order valence-corrected chi connectivity index (χ4v) is 3.29. The van der Waals surface area contributed by atoms with Crippen LogP contribution >= 0.6 is 0 Å². The molecule has 2 N–H and O–H groups in total. The lowest BCUT2D eigenvalue weighted by Gasteiger charge is -2.12. The molecule has 0 bridgehead atoms. The molecule has 0 unspecified atom stereocenters. The summed E-state index contributed by atoms with van der Waals surface area (Å²) in [5.41, 5.74) is 5.11. The van der Waals surface area contributed by atoms with Crippen LogP contribution in [0.2, 0.25) is 0 Å². The van der Waals surface area contributed by atoms with Crippen molar-refractivity contribution in [2.45, 2.75) is 6.92 Å². The number of rotatable bonds is 3. The molecule has 0 spiro atoms. The standard InChI is InChI=1S/C22H17N5/c1-14-3-2-4-18-20(14)26-21(15-7-10-23-11-8-15)27-22(18)25-17-5-6-19-16(13-17)9-12-24-19/h2-13,24H,1H3,(H,25,26,27). The Morgan fingerprint density at radius 3 is 2.70 bits per heavy atom. The van der Waals surface area contributed by atoms with Crippen molar-refractivity contribution in [2.75, 3.05) is 5.32 Å². The predicted octanol–water partition coefficient (Wildman–Crippen LogP) is 5.23. The summed E-state index contributed by atoms with van der Waals surface area (Å²) < 4.78 is 0. The maximum Gasteiger partial charge on any atom is 0.162 e. The zero-order chi connectivity index (χ0) is 18.2. The number of benzene rings is 2. The summed E-state index contributed by atoms with van der Waals surface area (Å²) in [6, 6.07) is 18.3. The second-order valence-electron chi connectivity index (χ2n) is 6.51. The second kappa shape index (κ2) is 6.21. The summed E-state index contributed by atoms with van der Waals surface area (Å²) >= 11 is 0. The van der Waals surface area contributed by atoms with Crippen LogP contribution in [0.15, 0.2) is 73.2 Å². The van der Waals surface area contributed by atoms with Crippen LogP contribution in [0.25, 0.3) is 33.2 Å². The van der Waals surface area contributed by atoms with Gasteiger partial charge >= 0.3 is 0 Å². The molecule has 5 nitrogen and oxygen atoms in total. The van der Waals surface area contributed by atoms with Crippen molar-refractivity contribution in [1.82, 2.24) is 19.9 Å². The molecule has 0 fully saturated rings. The van der Waals surface area contributed by atoms with E-state index in [-0.39, 0.29) is 0 Å². The Morgan fingerprint density at radius 1 is 0.926 bits per heavy atom. The van der Waals surface area contributed by atoms with Crippen molar-refractivity contribution in [3.8, 4) is 11.4 Å². The number of aryl methyl sites for hydroxylation is 1. The smallest absolute Gasteiger partial charge is 0.162 e. The van der Waals surface area contributed by atoms with Gasteiger partial charge in [0.1, 0.15) is 5.82 Å². The number of aromatic amines is 1. The minimum Gasteiger partial charge on any atom is -0.361 e. The van der Waals surface area contributed by atoms with Crippen LogP contribution in [0.5, 0.6) is 0 Å². The fraction of sp³-hybridized carbons (Fsp3) is 0.0455. The number of nitrogens with zero attached hydrogens (tertiary/aromatic N) is 3. The summed E-state index contributed by atoms with van der Waals surface area (Å²) in [5.74, 6) is 1.48. The van der Waals surface area contributed by atoms with Gasteiger partial charge in [-0.2, -0.15) is 0 Å². The minimum absolute atomic E-state index is 0.685.